The summed E-state index contributed by atoms with van der Waals surface area (Å²) in [5.41, 5.74) is 1.46. The van der Waals surface area contributed by atoms with Gasteiger partial charge in [0.15, 0.2) is 0 Å². The summed E-state index contributed by atoms with van der Waals surface area (Å²) in [5, 5.41) is 0.646. The molecule has 0 saturated heterocycles. The maximum atomic E-state index is 2.31. The van der Waals surface area contributed by atoms with Gasteiger partial charge in [-0.1, -0.05) is 62.9 Å². The Morgan fingerprint density at radius 1 is 1.00 bits per heavy atom. The molecule has 0 amide bonds. The average molecular weight is 236 g/mol. The smallest absolute Gasteiger partial charge is 0.0269 e. The second kappa shape index (κ2) is 8.69. The molecule has 0 radical (unpaired) electrons. The summed E-state index contributed by atoms with van der Waals surface area (Å²) in [7, 11) is 0. The van der Waals surface area contributed by atoms with Crippen LogP contribution in [0.5, 0.6) is 0 Å². The number of hydrogen-bond donors (Lipinski definition) is 0. The summed E-state index contributed by atoms with van der Waals surface area (Å²) in [6, 6.07) is 10.8. The van der Waals surface area contributed by atoms with Crippen molar-refractivity contribution in [3.63, 3.8) is 0 Å². The van der Waals surface area contributed by atoms with Crippen molar-refractivity contribution in [2.45, 2.75) is 51.2 Å². The van der Waals surface area contributed by atoms with Crippen LogP contribution in [0.15, 0.2) is 30.3 Å². The van der Waals surface area contributed by atoms with Gasteiger partial charge < -0.3 is 0 Å². The van der Waals surface area contributed by atoms with Crippen LogP contribution in [0.2, 0.25) is 0 Å². The van der Waals surface area contributed by atoms with Crippen molar-refractivity contribution in [2.24, 2.45) is 0 Å². The van der Waals surface area contributed by atoms with Crippen molar-refractivity contribution in [3.05, 3.63) is 35.9 Å². The lowest BCUT2D eigenvalue weighted by atomic mass is 10.2. The van der Waals surface area contributed by atoms with Crippen LogP contribution in [-0.2, 0) is 0 Å². The molecule has 0 heterocycles. The summed E-state index contributed by atoms with van der Waals surface area (Å²) < 4.78 is 0. The first-order valence-electron chi connectivity index (χ1n) is 6.51. The SMILES string of the molecule is CCCCCCCSC(C)c1ccccc1. The molecule has 1 rings (SSSR count). The summed E-state index contributed by atoms with van der Waals surface area (Å²) in [5.74, 6) is 1.31. The Hall–Kier alpha value is -0.430. The zero-order chi connectivity index (χ0) is 11.6. The maximum absolute atomic E-state index is 2.31. The third-order valence-corrected chi connectivity index (χ3v) is 4.18. The number of rotatable bonds is 8. The lowest BCUT2D eigenvalue weighted by molar-refractivity contribution is 0.659. The van der Waals surface area contributed by atoms with Crippen LogP contribution in [0.25, 0.3) is 0 Å². The molecule has 90 valence electrons. The fraction of sp³-hybridized carbons (Fsp3) is 0.600. The second-order valence-corrected chi connectivity index (χ2v) is 5.79. The number of hydrogen-bond acceptors (Lipinski definition) is 1. The normalized spacial score (nSPS) is 12.6. The fourth-order valence-corrected chi connectivity index (χ4v) is 2.86. The first-order valence-corrected chi connectivity index (χ1v) is 7.56. The number of thioether (sulfide) groups is 1. The van der Waals surface area contributed by atoms with Gasteiger partial charge in [0.1, 0.15) is 0 Å². The first kappa shape index (κ1) is 13.6. The Balaban J connectivity index is 2.09. The van der Waals surface area contributed by atoms with E-state index in [0.29, 0.717) is 5.25 Å². The molecule has 1 unspecified atom stereocenters. The summed E-state index contributed by atoms with van der Waals surface area (Å²) in [6.07, 6.45) is 6.94. The van der Waals surface area contributed by atoms with Gasteiger partial charge in [0.2, 0.25) is 0 Å². The van der Waals surface area contributed by atoms with E-state index in [9.17, 15) is 0 Å². The topological polar surface area (TPSA) is 0 Å². The Labute approximate surface area is 105 Å². The summed E-state index contributed by atoms with van der Waals surface area (Å²) in [6.45, 7) is 4.58. The van der Waals surface area contributed by atoms with Crippen LogP contribution in [0, 0.1) is 0 Å². The predicted octanol–water partition coefficient (Wildman–Crippen LogP) is 5.45. The van der Waals surface area contributed by atoms with E-state index in [2.05, 4.69) is 55.9 Å². The van der Waals surface area contributed by atoms with Crippen molar-refractivity contribution >= 4 is 11.8 Å². The van der Waals surface area contributed by atoms with Gasteiger partial charge in [-0.15, -0.1) is 0 Å². The van der Waals surface area contributed by atoms with E-state index in [0.717, 1.165) is 0 Å². The lowest BCUT2D eigenvalue weighted by Crippen LogP contribution is -1.90. The average Bonchev–Trinajstić information content (AvgIpc) is 2.34. The minimum atomic E-state index is 0.646. The van der Waals surface area contributed by atoms with Crippen LogP contribution in [0.1, 0.15) is 56.8 Å². The fourth-order valence-electron chi connectivity index (χ4n) is 1.79. The molecule has 0 spiro atoms. The highest BCUT2D eigenvalue weighted by Gasteiger charge is 2.03. The quantitative estimate of drug-likeness (QED) is 0.541. The molecule has 1 atom stereocenters. The molecular formula is C15H24S. The van der Waals surface area contributed by atoms with E-state index >= 15 is 0 Å². The van der Waals surface area contributed by atoms with Crippen LogP contribution in [0.3, 0.4) is 0 Å². The van der Waals surface area contributed by atoms with Gasteiger partial charge in [-0.2, -0.15) is 11.8 Å². The molecule has 0 N–H and O–H groups in total. The molecule has 0 aliphatic carbocycles. The Morgan fingerprint density at radius 2 is 1.69 bits per heavy atom. The van der Waals surface area contributed by atoms with E-state index in [-0.39, 0.29) is 0 Å². The maximum Gasteiger partial charge on any atom is 0.0269 e. The molecule has 0 nitrogen and oxygen atoms in total. The zero-order valence-electron chi connectivity index (χ0n) is 10.6. The third-order valence-electron chi connectivity index (χ3n) is 2.88. The minimum absolute atomic E-state index is 0.646. The van der Waals surface area contributed by atoms with Crippen LogP contribution in [-0.4, -0.2) is 5.75 Å². The van der Waals surface area contributed by atoms with E-state index < -0.39 is 0 Å². The zero-order valence-corrected chi connectivity index (χ0v) is 11.4. The van der Waals surface area contributed by atoms with Crippen LogP contribution < -0.4 is 0 Å². The largest absolute Gasteiger partial charge is 0.154 e. The molecule has 0 aliphatic rings. The van der Waals surface area contributed by atoms with Crippen molar-refractivity contribution in [1.29, 1.82) is 0 Å². The molecule has 1 aromatic rings. The van der Waals surface area contributed by atoms with E-state index in [1.165, 1.54) is 43.4 Å². The molecule has 16 heavy (non-hydrogen) atoms. The molecular weight excluding hydrogens is 212 g/mol. The van der Waals surface area contributed by atoms with Crippen LogP contribution >= 0.6 is 11.8 Å². The summed E-state index contributed by atoms with van der Waals surface area (Å²) in [4.78, 5) is 0. The van der Waals surface area contributed by atoms with E-state index in [4.69, 9.17) is 0 Å². The third kappa shape index (κ3) is 5.60. The van der Waals surface area contributed by atoms with Crippen molar-refractivity contribution in [1.82, 2.24) is 0 Å². The molecule has 0 aliphatic heterocycles. The van der Waals surface area contributed by atoms with E-state index in [1.54, 1.807) is 0 Å². The highest BCUT2D eigenvalue weighted by atomic mass is 32.2. The van der Waals surface area contributed by atoms with Crippen molar-refractivity contribution in [2.75, 3.05) is 5.75 Å². The lowest BCUT2D eigenvalue weighted by Gasteiger charge is -2.11. The Morgan fingerprint density at radius 3 is 2.38 bits per heavy atom. The van der Waals surface area contributed by atoms with Gasteiger partial charge in [-0.05, 0) is 24.7 Å². The molecule has 1 aromatic carbocycles. The highest BCUT2D eigenvalue weighted by molar-refractivity contribution is 7.99. The molecule has 1 heteroatoms. The first-order chi connectivity index (χ1) is 7.84. The van der Waals surface area contributed by atoms with Gasteiger partial charge in [-0.25, -0.2) is 0 Å². The molecule has 0 bridgehead atoms. The molecule has 0 fully saturated rings. The standard InChI is InChI=1S/C15H24S/c1-3-4-5-6-10-13-16-14(2)15-11-8-7-9-12-15/h7-9,11-12,14H,3-6,10,13H2,1-2H3. The second-order valence-electron chi connectivity index (χ2n) is 4.34. The van der Waals surface area contributed by atoms with E-state index in [1.807, 2.05) is 0 Å². The van der Waals surface area contributed by atoms with Gasteiger partial charge in [0.25, 0.3) is 0 Å². The van der Waals surface area contributed by atoms with Crippen molar-refractivity contribution < 1.29 is 0 Å². The van der Waals surface area contributed by atoms with Gasteiger partial charge >= 0.3 is 0 Å². The van der Waals surface area contributed by atoms with Gasteiger partial charge in [0, 0.05) is 5.25 Å². The highest BCUT2D eigenvalue weighted by Crippen LogP contribution is 2.28. The molecule has 0 saturated carbocycles. The van der Waals surface area contributed by atoms with Crippen LogP contribution in [0.4, 0.5) is 0 Å². The number of unbranched alkanes of at least 4 members (excludes halogenated alkanes) is 4. The number of benzene rings is 1. The predicted molar refractivity (Wildman–Crippen MR) is 76.1 cm³/mol. The minimum Gasteiger partial charge on any atom is -0.154 e. The Kier molecular flexibility index (Phi) is 7.41. The monoisotopic (exact) mass is 236 g/mol. The summed E-state index contributed by atoms with van der Waals surface area (Å²) >= 11 is 2.09. The van der Waals surface area contributed by atoms with Crippen molar-refractivity contribution in [3.8, 4) is 0 Å². The van der Waals surface area contributed by atoms with Gasteiger partial charge in [-0.3, -0.25) is 0 Å². The van der Waals surface area contributed by atoms with Gasteiger partial charge in [0.05, 0.1) is 0 Å². The Bertz CT molecular complexity index is 255. The molecule has 0 aromatic heterocycles.